The zero-order valence-electron chi connectivity index (χ0n) is 11.8. The van der Waals surface area contributed by atoms with Crippen molar-refractivity contribution < 1.29 is 0 Å². The van der Waals surface area contributed by atoms with Crippen LogP contribution in [0.4, 0.5) is 5.69 Å². The van der Waals surface area contributed by atoms with Gasteiger partial charge in [-0.1, -0.05) is 18.2 Å². The molecule has 0 saturated heterocycles. The summed E-state index contributed by atoms with van der Waals surface area (Å²) in [5.41, 5.74) is 3.22. The van der Waals surface area contributed by atoms with E-state index in [-0.39, 0.29) is 11.3 Å². The van der Waals surface area contributed by atoms with Crippen molar-refractivity contribution in [2.24, 2.45) is 0 Å². The maximum absolute atomic E-state index is 9.01. The number of rotatable bonds is 3. The number of aryl methyl sites for hydroxylation is 1. The van der Waals surface area contributed by atoms with Crippen molar-refractivity contribution in [3.63, 3.8) is 0 Å². The maximum Gasteiger partial charge on any atom is 0.163 e. The van der Waals surface area contributed by atoms with Gasteiger partial charge in [-0.05, 0) is 30.7 Å². The summed E-state index contributed by atoms with van der Waals surface area (Å²) < 4.78 is 0. The van der Waals surface area contributed by atoms with E-state index in [4.69, 9.17) is 15.8 Å². The summed E-state index contributed by atoms with van der Waals surface area (Å²) in [5.74, 6) is 0. The summed E-state index contributed by atoms with van der Waals surface area (Å²) >= 11 is 0. The fourth-order valence-electron chi connectivity index (χ4n) is 1.93. The molecule has 0 radical (unpaired) electrons. The molecule has 0 bridgehead atoms. The number of nitriles is 3. The monoisotopic (exact) mass is 285 g/mol. The van der Waals surface area contributed by atoms with Crippen molar-refractivity contribution in [3.05, 3.63) is 59.4 Å². The minimum Gasteiger partial charge on any atom is -0.345 e. The van der Waals surface area contributed by atoms with Crippen LogP contribution in [0.3, 0.4) is 0 Å². The first-order valence-corrected chi connectivity index (χ1v) is 6.43. The first-order chi connectivity index (χ1) is 10.7. The molecular weight excluding hydrogens is 274 g/mol. The van der Waals surface area contributed by atoms with E-state index in [1.54, 1.807) is 30.5 Å². The van der Waals surface area contributed by atoms with Crippen LogP contribution in [0.1, 0.15) is 5.56 Å². The van der Waals surface area contributed by atoms with Gasteiger partial charge in [0.1, 0.15) is 23.9 Å². The van der Waals surface area contributed by atoms with Crippen LogP contribution in [0, 0.1) is 40.9 Å². The summed E-state index contributed by atoms with van der Waals surface area (Å²) in [6.45, 7) is 1.98. The van der Waals surface area contributed by atoms with Gasteiger partial charge in [0.2, 0.25) is 0 Å². The fraction of sp³-hybridized carbons (Fsp3) is 0.0588. The summed E-state index contributed by atoms with van der Waals surface area (Å²) in [4.78, 5) is 4.34. The van der Waals surface area contributed by atoms with Crippen molar-refractivity contribution >= 4 is 5.69 Å². The van der Waals surface area contributed by atoms with E-state index >= 15 is 0 Å². The fourth-order valence-corrected chi connectivity index (χ4v) is 1.93. The molecule has 104 valence electrons. The minimum atomic E-state index is -0.243. The SMILES string of the molecule is Cc1cccnc1-c1ccc(NC(C#N)=C(C#N)C#N)cc1. The zero-order valence-corrected chi connectivity index (χ0v) is 11.8. The van der Waals surface area contributed by atoms with Crippen molar-refractivity contribution in [2.75, 3.05) is 5.32 Å². The number of allylic oxidation sites excluding steroid dienone is 2. The summed E-state index contributed by atoms with van der Waals surface area (Å²) in [7, 11) is 0. The Bertz CT molecular complexity index is 826. The Balaban J connectivity index is 2.30. The molecule has 5 nitrogen and oxygen atoms in total. The second-order valence-corrected chi connectivity index (χ2v) is 4.46. The predicted octanol–water partition coefficient (Wildman–Crippen LogP) is 3.29. The molecule has 2 aromatic rings. The van der Waals surface area contributed by atoms with E-state index in [1.807, 2.05) is 37.3 Å². The number of hydrogen-bond acceptors (Lipinski definition) is 5. The van der Waals surface area contributed by atoms with E-state index in [0.717, 1.165) is 16.8 Å². The average molecular weight is 285 g/mol. The molecule has 0 fully saturated rings. The Kier molecular flexibility index (Phi) is 4.50. The van der Waals surface area contributed by atoms with Crippen LogP contribution in [-0.4, -0.2) is 4.98 Å². The molecule has 0 aliphatic rings. The van der Waals surface area contributed by atoms with E-state index < -0.39 is 0 Å². The third-order valence-corrected chi connectivity index (χ3v) is 3.02. The minimum absolute atomic E-state index is 0.0632. The van der Waals surface area contributed by atoms with Crippen LogP contribution in [0.5, 0.6) is 0 Å². The highest BCUT2D eigenvalue weighted by molar-refractivity contribution is 5.67. The van der Waals surface area contributed by atoms with E-state index in [1.165, 1.54) is 0 Å². The van der Waals surface area contributed by atoms with E-state index in [2.05, 4.69) is 10.3 Å². The smallest absolute Gasteiger partial charge is 0.163 e. The molecule has 2 rings (SSSR count). The van der Waals surface area contributed by atoms with Crippen LogP contribution in [0.2, 0.25) is 0 Å². The lowest BCUT2D eigenvalue weighted by Gasteiger charge is -2.07. The second kappa shape index (κ2) is 6.70. The number of benzene rings is 1. The van der Waals surface area contributed by atoms with Crippen molar-refractivity contribution in [1.82, 2.24) is 4.98 Å². The lowest BCUT2D eigenvalue weighted by Crippen LogP contribution is -2.00. The number of nitrogens with zero attached hydrogens (tertiary/aromatic N) is 4. The van der Waals surface area contributed by atoms with Crippen molar-refractivity contribution in [1.29, 1.82) is 15.8 Å². The zero-order chi connectivity index (χ0) is 15.9. The van der Waals surface area contributed by atoms with Gasteiger partial charge in [-0.15, -0.1) is 0 Å². The first-order valence-electron chi connectivity index (χ1n) is 6.43. The molecule has 1 aromatic carbocycles. The van der Waals surface area contributed by atoms with Crippen LogP contribution >= 0.6 is 0 Å². The Hall–Kier alpha value is -3.62. The topological polar surface area (TPSA) is 96.3 Å². The van der Waals surface area contributed by atoms with Crippen LogP contribution < -0.4 is 5.32 Å². The normalized spacial score (nSPS) is 9.00. The largest absolute Gasteiger partial charge is 0.345 e. The Morgan fingerprint density at radius 1 is 1.00 bits per heavy atom. The standard InChI is InChI=1S/C17H11N5/c1-12-3-2-8-21-17(12)13-4-6-15(7-5-13)22-16(11-20)14(9-18)10-19/h2-8,22H,1H3. The highest BCUT2D eigenvalue weighted by Gasteiger charge is 2.07. The quantitative estimate of drug-likeness (QED) is 0.873. The lowest BCUT2D eigenvalue weighted by atomic mass is 10.1. The molecular formula is C17H11N5. The van der Waals surface area contributed by atoms with Crippen LogP contribution in [0.25, 0.3) is 11.3 Å². The molecule has 0 aliphatic heterocycles. The van der Waals surface area contributed by atoms with Crippen molar-refractivity contribution in [3.8, 4) is 29.5 Å². The Morgan fingerprint density at radius 3 is 2.23 bits per heavy atom. The van der Waals surface area contributed by atoms with Gasteiger partial charge < -0.3 is 5.32 Å². The van der Waals surface area contributed by atoms with E-state index in [9.17, 15) is 0 Å². The number of anilines is 1. The highest BCUT2D eigenvalue weighted by Crippen LogP contribution is 2.23. The van der Waals surface area contributed by atoms with Gasteiger partial charge in [-0.2, -0.15) is 15.8 Å². The van der Waals surface area contributed by atoms with Gasteiger partial charge in [0.15, 0.2) is 5.57 Å². The molecule has 0 atom stereocenters. The Labute approximate surface area is 128 Å². The van der Waals surface area contributed by atoms with Crippen molar-refractivity contribution in [2.45, 2.75) is 6.92 Å². The molecule has 5 heteroatoms. The first kappa shape index (κ1) is 14.8. The maximum atomic E-state index is 9.01. The predicted molar refractivity (Wildman–Crippen MR) is 81.9 cm³/mol. The third-order valence-electron chi connectivity index (χ3n) is 3.02. The Morgan fingerprint density at radius 2 is 1.68 bits per heavy atom. The second-order valence-electron chi connectivity index (χ2n) is 4.46. The van der Waals surface area contributed by atoms with Crippen LogP contribution in [-0.2, 0) is 0 Å². The molecule has 1 aromatic heterocycles. The third kappa shape index (κ3) is 3.10. The summed E-state index contributed by atoms with van der Waals surface area (Å²) in [6, 6.07) is 16.3. The molecule has 0 aliphatic carbocycles. The molecule has 0 amide bonds. The summed E-state index contributed by atoms with van der Waals surface area (Å²) in [6.07, 6.45) is 1.73. The number of aromatic nitrogens is 1. The highest BCUT2D eigenvalue weighted by atomic mass is 14.9. The molecule has 1 N–H and O–H groups in total. The van der Waals surface area contributed by atoms with Gasteiger partial charge in [0.25, 0.3) is 0 Å². The van der Waals surface area contributed by atoms with Gasteiger partial charge >= 0.3 is 0 Å². The van der Waals surface area contributed by atoms with Crippen LogP contribution in [0.15, 0.2) is 53.9 Å². The summed E-state index contributed by atoms with van der Waals surface area (Å²) in [5, 5.41) is 29.4. The number of nitrogens with one attached hydrogen (secondary N) is 1. The van der Waals surface area contributed by atoms with Gasteiger partial charge in [-0.25, -0.2) is 0 Å². The molecule has 0 unspecified atom stereocenters. The molecule has 1 heterocycles. The van der Waals surface area contributed by atoms with Gasteiger partial charge in [-0.3, -0.25) is 4.98 Å². The van der Waals surface area contributed by atoms with Gasteiger partial charge in [0, 0.05) is 17.4 Å². The van der Waals surface area contributed by atoms with Gasteiger partial charge in [0.05, 0.1) is 5.69 Å². The molecule has 0 spiro atoms. The molecule has 0 saturated carbocycles. The average Bonchev–Trinajstić information content (AvgIpc) is 2.56. The molecule has 22 heavy (non-hydrogen) atoms. The lowest BCUT2D eigenvalue weighted by molar-refractivity contribution is 1.27. The number of pyridine rings is 1. The van der Waals surface area contributed by atoms with E-state index in [0.29, 0.717) is 5.69 Å². The number of hydrogen-bond donors (Lipinski definition) is 1.